The Morgan fingerprint density at radius 3 is 2.89 bits per heavy atom. The van der Waals surface area contributed by atoms with Gasteiger partial charge < -0.3 is 15.5 Å². The van der Waals surface area contributed by atoms with Crippen molar-refractivity contribution in [3.63, 3.8) is 0 Å². The highest BCUT2D eigenvalue weighted by Crippen LogP contribution is 2.28. The van der Waals surface area contributed by atoms with E-state index in [0.717, 1.165) is 6.54 Å². The first-order valence-corrected chi connectivity index (χ1v) is 6.83. The lowest BCUT2D eigenvalue weighted by Gasteiger charge is -2.38. The lowest BCUT2D eigenvalue weighted by molar-refractivity contribution is 0.247. The van der Waals surface area contributed by atoms with E-state index in [1.54, 1.807) is 0 Å². The van der Waals surface area contributed by atoms with E-state index in [2.05, 4.69) is 49.0 Å². The summed E-state index contributed by atoms with van der Waals surface area (Å²) in [7, 11) is 4.42. The van der Waals surface area contributed by atoms with Crippen molar-refractivity contribution in [1.82, 2.24) is 4.90 Å². The molecule has 18 heavy (non-hydrogen) atoms. The second kappa shape index (κ2) is 5.72. The van der Waals surface area contributed by atoms with E-state index in [0.29, 0.717) is 12.6 Å². The summed E-state index contributed by atoms with van der Waals surface area (Å²) in [5, 5.41) is 0. The first-order chi connectivity index (χ1) is 8.63. The van der Waals surface area contributed by atoms with Gasteiger partial charge in [0.1, 0.15) is 0 Å². The van der Waals surface area contributed by atoms with Gasteiger partial charge in [-0.15, -0.1) is 0 Å². The number of para-hydroxylation sites is 1. The average Bonchev–Trinajstić information content (AvgIpc) is 2.37. The molecule has 1 heterocycles. The molecule has 3 nitrogen and oxygen atoms in total. The number of likely N-dealkylation sites (tertiary alicyclic amines) is 1. The molecular weight excluding hydrogens is 222 g/mol. The molecule has 0 spiro atoms. The zero-order chi connectivity index (χ0) is 13.1. The monoisotopic (exact) mass is 247 g/mol. The smallest absolute Gasteiger partial charge is 0.0441 e. The molecule has 100 valence electrons. The van der Waals surface area contributed by atoms with Crippen LogP contribution in [0.3, 0.4) is 0 Å². The second-order valence-electron chi connectivity index (χ2n) is 5.46. The maximum absolute atomic E-state index is 5.88. The highest BCUT2D eigenvalue weighted by molar-refractivity contribution is 5.59. The largest absolute Gasteiger partial charge is 0.370 e. The molecule has 0 radical (unpaired) electrons. The van der Waals surface area contributed by atoms with Crippen LogP contribution in [0.1, 0.15) is 24.0 Å². The Kier molecular flexibility index (Phi) is 4.25. The van der Waals surface area contributed by atoms with Crippen LogP contribution >= 0.6 is 0 Å². The van der Waals surface area contributed by atoms with Crippen molar-refractivity contribution in [3.05, 3.63) is 29.3 Å². The Balaban J connectivity index is 2.24. The van der Waals surface area contributed by atoms with Crippen molar-refractivity contribution in [3.8, 4) is 0 Å². The molecule has 0 aliphatic carbocycles. The second-order valence-corrected chi connectivity index (χ2v) is 5.46. The van der Waals surface area contributed by atoms with E-state index in [-0.39, 0.29) is 0 Å². The third kappa shape index (κ3) is 2.68. The highest BCUT2D eigenvalue weighted by atomic mass is 15.2. The number of hydrogen-bond acceptors (Lipinski definition) is 3. The molecule has 3 heteroatoms. The van der Waals surface area contributed by atoms with Crippen molar-refractivity contribution < 1.29 is 0 Å². The predicted octanol–water partition coefficient (Wildman–Crippen LogP) is 1.98. The molecule has 1 aliphatic rings. The van der Waals surface area contributed by atoms with E-state index >= 15 is 0 Å². The molecule has 0 amide bonds. The van der Waals surface area contributed by atoms with Gasteiger partial charge in [-0.25, -0.2) is 0 Å². The minimum Gasteiger partial charge on any atom is -0.370 e. The minimum atomic E-state index is 0.607. The van der Waals surface area contributed by atoms with Crippen molar-refractivity contribution in [2.75, 3.05) is 32.1 Å². The number of rotatable bonds is 3. The summed E-state index contributed by atoms with van der Waals surface area (Å²) in [5.41, 5.74) is 9.79. The van der Waals surface area contributed by atoms with E-state index in [4.69, 9.17) is 5.73 Å². The fourth-order valence-corrected chi connectivity index (χ4v) is 3.03. The van der Waals surface area contributed by atoms with Gasteiger partial charge in [0.25, 0.3) is 0 Å². The third-order valence-corrected chi connectivity index (χ3v) is 4.04. The van der Waals surface area contributed by atoms with Crippen LogP contribution in [0.15, 0.2) is 18.2 Å². The molecule has 1 saturated heterocycles. The van der Waals surface area contributed by atoms with Crippen LogP contribution in [-0.4, -0.2) is 38.1 Å². The normalized spacial score (nSPS) is 21.0. The van der Waals surface area contributed by atoms with Gasteiger partial charge in [-0.2, -0.15) is 0 Å². The van der Waals surface area contributed by atoms with Gasteiger partial charge in [0, 0.05) is 31.9 Å². The Bertz CT molecular complexity index is 403. The zero-order valence-corrected chi connectivity index (χ0v) is 11.8. The third-order valence-electron chi connectivity index (χ3n) is 4.04. The van der Waals surface area contributed by atoms with Gasteiger partial charge >= 0.3 is 0 Å². The number of nitrogens with two attached hydrogens (primary N) is 1. The lowest BCUT2D eigenvalue weighted by atomic mass is 10.0. The Morgan fingerprint density at radius 2 is 2.22 bits per heavy atom. The summed E-state index contributed by atoms with van der Waals surface area (Å²) < 4.78 is 0. The number of likely N-dealkylation sites (N-methyl/N-ethyl adjacent to an activating group) is 2. The van der Waals surface area contributed by atoms with Gasteiger partial charge in [-0.3, -0.25) is 0 Å². The van der Waals surface area contributed by atoms with Gasteiger partial charge in [0.15, 0.2) is 0 Å². The highest BCUT2D eigenvalue weighted by Gasteiger charge is 2.23. The summed E-state index contributed by atoms with van der Waals surface area (Å²) in [6.07, 6.45) is 2.56. The van der Waals surface area contributed by atoms with Crippen LogP contribution in [-0.2, 0) is 6.54 Å². The van der Waals surface area contributed by atoms with Crippen LogP contribution in [0.4, 0.5) is 5.69 Å². The molecule has 0 bridgehead atoms. The fourth-order valence-electron chi connectivity index (χ4n) is 3.03. The number of anilines is 1. The zero-order valence-electron chi connectivity index (χ0n) is 11.8. The van der Waals surface area contributed by atoms with Gasteiger partial charge in [-0.05, 0) is 44.5 Å². The Hall–Kier alpha value is -1.06. The number of benzene rings is 1. The predicted molar refractivity (Wildman–Crippen MR) is 78.0 cm³/mol. The van der Waals surface area contributed by atoms with E-state index < -0.39 is 0 Å². The SMILES string of the molecule is Cc1cccc(CN)c1N(C)C1CCCN(C)C1. The number of hydrogen-bond donors (Lipinski definition) is 1. The summed E-state index contributed by atoms with van der Waals surface area (Å²) in [4.78, 5) is 4.86. The number of nitrogens with zero attached hydrogens (tertiary/aromatic N) is 2. The Morgan fingerprint density at radius 1 is 1.44 bits per heavy atom. The molecule has 1 aromatic rings. The molecule has 1 aliphatic heterocycles. The molecule has 1 atom stereocenters. The maximum Gasteiger partial charge on any atom is 0.0441 e. The fraction of sp³-hybridized carbons (Fsp3) is 0.600. The van der Waals surface area contributed by atoms with E-state index in [1.807, 2.05) is 0 Å². The molecular formula is C15H25N3. The maximum atomic E-state index is 5.88. The van der Waals surface area contributed by atoms with Crippen molar-refractivity contribution >= 4 is 5.69 Å². The van der Waals surface area contributed by atoms with Crippen LogP contribution < -0.4 is 10.6 Å². The summed E-state index contributed by atoms with van der Waals surface area (Å²) in [6.45, 7) is 5.16. The molecule has 1 aromatic carbocycles. The van der Waals surface area contributed by atoms with Gasteiger partial charge in [-0.1, -0.05) is 18.2 Å². The van der Waals surface area contributed by atoms with Crippen LogP contribution in [0.2, 0.25) is 0 Å². The van der Waals surface area contributed by atoms with Crippen molar-refractivity contribution in [2.24, 2.45) is 5.73 Å². The quantitative estimate of drug-likeness (QED) is 0.886. The minimum absolute atomic E-state index is 0.607. The van der Waals surface area contributed by atoms with Crippen LogP contribution in [0.5, 0.6) is 0 Å². The summed E-state index contributed by atoms with van der Waals surface area (Å²) in [6, 6.07) is 7.03. The molecule has 2 rings (SSSR count). The van der Waals surface area contributed by atoms with Crippen molar-refractivity contribution in [2.45, 2.75) is 32.4 Å². The van der Waals surface area contributed by atoms with E-state index in [1.165, 1.54) is 36.2 Å². The van der Waals surface area contributed by atoms with Crippen molar-refractivity contribution in [1.29, 1.82) is 0 Å². The van der Waals surface area contributed by atoms with Gasteiger partial charge in [0.05, 0.1) is 0 Å². The number of piperidine rings is 1. The topological polar surface area (TPSA) is 32.5 Å². The average molecular weight is 247 g/mol. The standard InChI is InChI=1S/C15H25N3/c1-12-6-4-7-13(10-16)15(12)18(3)14-8-5-9-17(2)11-14/h4,6-7,14H,5,8-11,16H2,1-3H3. The Labute approximate surface area is 111 Å². The first kappa shape index (κ1) is 13.4. The molecule has 1 unspecified atom stereocenters. The molecule has 0 saturated carbocycles. The summed E-state index contributed by atoms with van der Waals surface area (Å²) in [5.74, 6) is 0. The first-order valence-electron chi connectivity index (χ1n) is 6.83. The molecule has 1 fully saturated rings. The molecule has 0 aromatic heterocycles. The van der Waals surface area contributed by atoms with Crippen LogP contribution in [0.25, 0.3) is 0 Å². The molecule has 2 N–H and O–H groups in total. The lowest BCUT2D eigenvalue weighted by Crippen LogP contribution is -2.45. The summed E-state index contributed by atoms with van der Waals surface area (Å²) >= 11 is 0. The van der Waals surface area contributed by atoms with Crippen LogP contribution in [0, 0.1) is 6.92 Å². The van der Waals surface area contributed by atoms with Gasteiger partial charge in [0.2, 0.25) is 0 Å². The number of aryl methyl sites for hydroxylation is 1. The van der Waals surface area contributed by atoms with E-state index in [9.17, 15) is 0 Å².